The van der Waals surface area contributed by atoms with E-state index in [1.165, 1.54) is 142 Å². The minimum atomic E-state index is -0.480. The molecule has 0 N–H and O–H groups in total. The quantitative estimate of drug-likeness (QED) is 0.157. The normalized spacial score (nSPS) is 14.5. The van der Waals surface area contributed by atoms with Gasteiger partial charge in [-0.05, 0) is 123 Å². The van der Waals surface area contributed by atoms with Gasteiger partial charge in [-0.1, -0.05) is 142 Å². The van der Waals surface area contributed by atoms with E-state index < -0.39 is 5.41 Å². The first-order chi connectivity index (χ1) is 30.2. The number of benzene rings is 8. The number of para-hydroxylation sites is 3. The molecule has 3 aliphatic heterocycles. The summed E-state index contributed by atoms with van der Waals surface area (Å²) in [5.74, 6) is 0. The average molecular weight is 783 g/mol. The van der Waals surface area contributed by atoms with Crippen molar-refractivity contribution in [3.8, 4) is 27.9 Å². The Morgan fingerprint density at radius 1 is 0.525 bits per heavy atom. The molecule has 3 nitrogen and oxygen atoms in total. The van der Waals surface area contributed by atoms with E-state index in [1.807, 2.05) is 0 Å². The van der Waals surface area contributed by atoms with Crippen molar-refractivity contribution in [2.24, 2.45) is 0 Å². The number of nitrogens with zero attached hydrogens (tertiary/aromatic N) is 2. The summed E-state index contributed by atoms with van der Waals surface area (Å²) in [6, 6.07) is 58.4. The Morgan fingerprint density at radius 3 is 2.00 bits per heavy atom. The summed E-state index contributed by atoms with van der Waals surface area (Å²) in [6.45, 7) is 4.54. The van der Waals surface area contributed by atoms with Gasteiger partial charge >= 0.3 is 6.85 Å². The van der Waals surface area contributed by atoms with Gasteiger partial charge in [0.2, 0.25) is 0 Å². The molecular weight excluding hydrogens is 739 g/mol. The molecular formula is C57H43BN2O. The van der Waals surface area contributed by atoms with Crippen molar-refractivity contribution in [2.75, 3.05) is 4.81 Å². The van der Waals surface area contributed by atoms with E-state index in [9.17, 15) is 0 Å². The minimum absolute atomic E-state index is 0.0671. The number of fused-ring (bicyclic) bond motifs is 20. The zero-order chi connectivity index (χ0) is 40.1. The van der Waals surface area contributed by atoms with E-state index in [-0.39, 0.29) is 6.85 Å². The van der Waals surface area contributed by atoms with Crippen LogP contribution in [0.2, 0.25) is 0 Å². The van der Waals surface area contributed by atoms with E-state index >= 15 is 0 Å². The summed E-state index contributed by atoms with van der Waals surface area (Å²) in [5.41, 5.74) is 24.1. The molecule has 1 aliphatic carbocycles. The Balaban J connectivity index is 1.19. The fourth-order valence-corrected chi connectivity index (χ4v) is 12.5. The molecule has 14 rings (SSSR count). The number of unbranched alkanes of at least 4 members (excludes halogenated alkanes) is 2. The molecule has 8 aromatic carbocycles. The molecule has 10 aromatic rings. The van der Waals surface area contributed by atoms with Gasteiger partial charge in [-0.25, -0.2) is 0 Å². The largest absolute Gasteiger partial charge is 0.456 e. The Labute approximate surface area is 356 Å². The second-order valence-electron chi connectivity index (χ2n) is 18.0. The van der Waals surface area contributed by atoms with Gasteiger partial charge in [0.25, 0.3) is 0 Å². The van der Waals surface area contributed by atoms with Crippen molar-refractivity contribution in [2.45, 2.75) is 57.8 Å². The SMILES string of the molecule is CCCCc1ccc2c(c1)c1cc(CCCC)cc3c1n2-c1c2c(cc4oc5ccccc5c14)-c1cccc4c1N(B23)c1ccccc1C41c2ccccc2-c2ccccc21. The third-order valence-corrected chi connectivity index (χ3v) is 14.9. The van der Waals surface area contributed by atoms with Crippen LogP contribution in [0.4, 0.5) is 11.4 Å². The molecule has 0 saturated heterocycles. The molecule has 0 atom stereocenters. The van der Waals surface area contributed by atoms with Gasteiger partial charge in [0.1, 0.15) is 11.2 Å². The fourth-order valence-electron chi connectivity index (χ4n) is 12.5. The van der Waals surface area contributed by atoms with Gasteiger partial charge < -0.3 is 13.8 Å². The van der Waals surface area contributed by atoms with Crippen LogP contribution >= 0.6 is 0 Å². The lowest BCUT2D eigenvalue weighted by Crippen LogP contribution is -2.62. The van der Waals surface area contributed by atoms with E-state index in [1.54, 1.807) is 0 Å². The highest BCUT2D eigenvalue weighted by atomic mass is 16.3. The number of anilines is 2. The maximum atomic E-state index is 6.95. The van der Waals surface area contributed by atoms with E-state index in [2.05, 4.69) is 175 Å². The van der Waals surface area contributed by atoms with Crippen molar-refractivity contribution in [3.05, 3.63) is 185 Å². The minimum Gasteiger partial charge on any atom is -0.456 e. The molecule has 0 saturated carbocycles. The maximum Gasteiger partial charge on any atom is 0.333 e. The third-order valence-electron chi connectivity index (χ3n) is 14.9. The molecule has 0 radical (unpaired) electrons. The van der Waals surface area contributed by atoms with Crippen molar-refractivity contribution >= 4 is 72.9 Å². The topological polar surface area (TPSA) is 21.3 Å². The molecule has 0 fully saturated rings. The van der Waals surface area contributed by atoms with Gasteiger partial charge in [-0.2, -0.15) is 0 Å². The van der Waals surface area contributed by atoms with Crippen molar-refractivity contribution in [3.63, 3.8) is 0 Å². The highest BCUT2D eigenvalue weighted by molar-refractivity contribution is 6.94. The monoisotopic (exact) mass is 782 g/mol. The molecule has 5 heterocycles. The van der Waals surface area contributed by atoms with Crippen molar-refractivity contribution < 1.29 is 4.42 Å². The molecule has 0 unspecified atom stereocenters. The molecule has 4 heteroatoms. The van der Waals surface area contributed by atoms with Crippen LogP contribution in [0.25, 0.3) is 71.7 Å². The van der Waals surface area contributed by atoms with Gasteiger partial charge in [-0.15, -0.1) is 0 Å². The van der Waals surface area contributed by atoms with E-state index in [0.717, 1.165) is 24.0 Å². The predicted octanol–water partition coefficient (Wildman–Crippen LogP) is 13.3. The highest BCUT2D eigenvalue weighted by Crippen LogP contribution is 2.64. The van der Waals surface area contributed by atoms with Crippen LogP contribution in [0.5, 0.6) is 0 Å². The number of aromatic nitrogens is 1. The van der Waals surface area contributed by atoms with Crippen molar-refractivity contribution in [1.29, 1.82) is 0 Å². The summed E-state index contributed by atoms with van der Waals surface area (Å²) >= 11 is 0. The summed E-state index contributed by atoms with van der Waals surface area (Å²) in [6.07, 6.45) is 6.87. The van der Waals surface area contributed by atoms with E-state index in [0.29, 0.717) is 0 Å². The summed E-state index contributed by atoms with van der Waals surface area (Å²) < 4.78 is 9.60. The van der Waals surface area contributed by atoms with Crippen LogP contribution in [0.3, 0.4) is 0 Å². The zero-order valence-corrected chi connectivity index (χ0v) is 34.6. The first-order valence-electron chi connectivity index (χ1n) is 22.5. The number of hydrogen-bond donors (Lipinski definition) is 0. The Kier molecular flexibility index (Phi) is 6.78. The van der Waals surface area contributed by atoms with Crippen LogP contribution in [-0.4, -0.2) is 11.4 Å². The molecule has 0 amide bonds. The molecule has 0 bridgehead atoms. The summed E-state index contributed by atoms with van der Waals surface area (Å²) in [4.78, 5) is 2.78. The van der Waals surface area contributed by atoms with Crippen LogP contribution in [0.1, 0.15) is 72.9 Å². The number of hydrogen-bond acceptors (Lipinski definition) is 2. The lowest BCUT2D eigenvalue weighted by atomic mass is 9.42. The lowest BCUT2D eigenvalue weighted by molar-refractivity contribution is 0.669. The Bertz CT molecular complexity index is 3500. The maximum absolute atomic E-state index is 6.95. The first-order valence-corrected chi connectivity index (χ1v) is 22.5. The fraction of sp³-hybridized carbons (Fsp3) is 0.158. The highest BCUT2D eigenvalue weighted by Gasteiger charge is 2.56. The van der Waals surface area contributed by atoms with Crippen LogP contribution in [0, 0.1) is 0 Å². The van der Waals surface area contributed by atoms with E-state index in [4.69, 9.17) is 4.42 Å². The second-order valence-corrected chi connectivity index (χ2v) is 18.0. The third kappa shape index (κ3) is 4.12. The van der Waals surface area contributed by atoms with Gasteiger partial charge in [0.15, 0.2) is 0 Å². The first kappa shape index (κ1) is 34.0. The van der Waals surface area contributed by atoms with Crippen LogP contribution < -0.4 is 15.7 Å². The number of furan rings is 1. The molecule has 4 aliphatic rings. The molecule has 61 heavy (non-hydrogen) atoms. The van der Waals surface area contributed by atoms with Gasteiger partial charge in [0.05, 0.1) is 27.5 Å². The molecule has 1 spiro atoms. The lowest BCUT2D eigenvalue weighted by Gasteiger charge is -2.51. The Hall–Kier alpha value is -6.78. The average Bonchev–Trinajstić information content (AvgIpc) is 3.95. The predicted molar refractivity (Wildman–Crippen MR) is 255 cm³/mol. The van der Waals surface area contributed by atoms with Crippen LogP contribution in [-0.2, 0) is 18.3 Å². The molecule has 2 aromatic heterocycles. The van der Waals surface area contributed by atoms with Gasteiger partial charge in [-0.3, -0.25) is 0 Å². The number of aryl methyl sites for hydroxylation is 2. The van der Waals surface area contributed by atoms with Crippen molar-refractivity contribution in [1.82, 2.24) is 4.57 Å². The summed E-state index contributed by atoms with van der Waals surface area (Å²) in [5, 5.41) is 5.10. The number of rotatable bonds is 6. The standard InChI is InChI=1S/C57H43BN2O/c1-3-5-16-34-28-29-48-40(30-34)42-31-35(17-6-4-2)32-47-55(42)59(48)56-52-39-20-9-14-27-50(39)61-51(52)33-41-38-21-15-25-46-54(38)60(58(47)53(41)56)49-26-13-12-24-45(49)57(46)43-22-10-7-18-36(43)37-19-8-11-23-44(37)57/h7-15,18-33H,3-6,16-17H2,1-2H3. The Morgan fingerprint density at radius 2 is 1.20 bits per heavy atom. The summed E-state index contributed by atoms with van der Waals surface area (Å²) in [7, 11) is 0. The smallest absolute Gasteiger partial charge is 0.333 e. The van der Waals surface area contributed by atoms with Gasteiger partial charge in [0, 0.05) is 33.1 Å². The second kappa shape index (κ2) is 12.2. The zero-order valence-electron chi connectivity index (χ0n) is 34.6. The van der Waals surface area contributed by atoms with Crippen LogP contribution in [0.15, 0.2) is 156 Å². The molecule has 290 valence electrons.